The van der Waals surface area contributed by atoms with Gasteiger partial charge in [0.25, 0.3) is 5.91 Å². The summed E-state index contributed by atoms with van der Waals surface area (Å²) >= 11 is 3.24. The molecule has 2 aromatic heterocycles. The number of carbonyl (C=O) groups is 2. The third-order valence-electron chi connectivity index (χ3n) is 4.44. The molecule has 0 aromatic carbocycles. The normalized spacial score (nSPS) is 15.4. The fourth-order valence-electron chi connectivity index (χ4n) is 2.91. The Morgan fingerprint density at radius 1 is 1.24 bits per heavy atom. The minimum Gasteiger partial charge on any atom is -0.354 e. The molecule has 5 nitrogen and oxygen atoms in total. The highest BCUT2D eigenvalue weighted by Gasteiger charge is 2.21. The van der Waals surface area contributed by atoms with Crippen molar-refractivity contribution in [2.24, 2.45) is 0 Å². The molecule has 2 N–H and O–H groups in total. The zero-order chi connectivity index (χ0) is 17.6. The minimum atomic E-state index is -0.115. The van der Waals surface area contributed by atoms with Crippen molar-refractivity contribution >= 4 is 34.5 Å². The van der Waals surface area contributed by atoms with Gasteiger partial charge < -0.3 is 10.6 Å². The number of amides is 2. The average molecular weight is 378 g/mol. The van der Waals surface area contributed by atoms with Crippen LogP contribution in [0.4, 0.5) is 0 Å². The number of nitrogens with zero attached hydrogens (tertiary/aromatic N) is 1. The first-order chi connectivity index (χ1) is 12.1. The van der Waals surface area contributed by atoms with Gasteiger partial charge >= 0.3 is 0 Å². The summed E-state index contributed by atoms with van der Waals surface area (Å²) in [6, 6.07) is 6.12. The Bertz CT molecular complexity index is 712. The Morgan fingerprint density at radius 2 is 2.12 bits per heavy atom. The Morgan fingerprint density at radius 3 is 2.92 bits per heavy atom. The third-order valence-corrected chi connectivity index (χ3v) is 6.33. The van der Waals surface area contributed by atoms with Gasteiger partial charge in [-0.1, -0.05) is 6.07 Å². The van der Waals surface area contributed by atoms with Gasteiger partial charge in [0.15, 0.2) is 0 Å². The van der Waals surface area contributed by atoms with Crippen LogP contribution in [-0.2, 0) is 17.8 Å². The smallest absolute Gasteiger partial charge is 0.261 e. The van der Waals surface area contributed by atoms with Crippen molar-refractivity contribution in [1.29, 1.82) is 0 Å². The van der Waals surface area contributed by atoms with E-state index in [9.17, 15) is 9.59 Å². The van der Waals surface area contributed by atoms with Crippen molar-refractivity contribution in [3.05, 3.63) is 44.3 Å². The van der Waals surface area contributed by atoms with Crippen LogP contribution in [0.2, 0.25) is 0 Å². The second-order valence-corrected chi connectivity index (χ2v) is 8.17. The fraction of sp³-hybridized carbons (Fsp3) is 0.444. The Balaban J connectivity index is 1.34. The predicted octanol–water partition coefficient (Wildman–Crippen LogP) is 2.49. The summed E-state index contributed by atoms with van der Waals surface area (Å²) in [6.45, 7) is 5.15. The van der Waals surface area contributed by atoms with Crippen molar-refractivity contribution < 1.29 is 9.59 Å². The lowest BCUT2D eigenvalue weighted by molar-refractivity contribution is -0.121. The van der Waals surface area contributed by atoms with E-state index in [2.05, 4.69) is 33.9 Å². The van der Waals surface area contributed by atoms with E-state index in [1.165, 1.54) is 21.8 Å². The highest BCUT2D eigenvalue weighted by molar-refractivity contribution is 7.12. The molecule has 0 spiro atoms. The molecule has 1 aliphatic heterocycles. The molecule has 0 fully saturated rings. The standard InChI is InChI=1S/C18H23N3O2S2/c1-13(21-8-5-15-14(12-21)6-10-25-15)11-20-17(22)4-7-19-18(23)16-3-2-9-24-16/h2-3,6,9-10,13H,4-5,7-8,11-12H2,1H3,(H,19,23)(H,20,22). The van der Waals surface area contributed by atoms with Crippen LogP contribution in [0, 0.1) is 0 Å². The van der Waals surface area contributed by atoms with Crippen LogP contribution in [0.5, 0.6) is 0 Å². The molecule has 1 atom stereocenters. The molecule has 3 rings (SSSR count). The number of carbonyl (C=O) groups excluding carboxylic acids is 2. The molecule has 134 valence electrons. The van der Waals surface area contributed by atoms with Crippen molar-refractivity contribution in [2.75, 3.05) is 19.6 Å². The number of fused-ring (bicyclic) bond motifs is 1. The van der Waals surface area contributed by atoms with Gasteiger partial charge in [-0.25, -0.2) is 0 Å². The maximum Gasteiger partial charge on any atom is 0.261 e. The Hall–Kier alpha value is -1.70. The number of hydrogen-bond acceptors (Lipinski definition) is 5. The number of thiophene rings is 2. The Labute approximate surface area is 156 Å². The third kappa shape index (κ3) is 4.90. The van der Waals surface area contributed by atoms with E-state index in [1.807, 2.05) is 22.8 Å². The molecule has 0 saturated carbocycles. The summed E-state index contributed by atoms with van der Waals surface area (Å²) in [5.41, 5.74) is 1.42. The van der Waals surface area contributed by atoms with Gasteiger partial charge in [0, 0.05) is 43.5 Å². The molecule has 1 unspecified atom stereocenters. The van der Waals surface area contributed by atoms with Crippen LogP contribution >= 0.6 is 22.7 Å². The van der Waals surface area contributed by atoms with E-state index in [-0.39, 0.29) is 11.8 Å². The predicted molar refractivity (Wildman–Crippen MR) is 102 cm³/mol. The molecule has 1 aliphatic rings. The second-order valence-electron chi connectivity index (χ2n) is 6.23. The molecule has 3 heterocycles. The lowest BCUT2D eigenvalue weighted by Crippen LogP contribution is -2.44. The minimum absolute atomic E-state index is 0.0217. The van der Waals surface area contributed by atoms with E-state index >= 15 is 0 Å². The monoisotopic (exact) mass is 377 g/mol. The topological polar surface area (TPSA) is 61.4 Å². The average Bonchev–Trinajstić information content (AvgIpc) is 3.30. The Kier molecular flexibility index (Phi) is 6.23. The van der Waals surface area contributed by atoms with E-state index in [0.29, 0.717) is 30.4 Å². The number of nitrogens with one attached hydrogen (secondary N) is 2. The molecular formula is C18H23N3O2S2. The summed E-state index contributed by atoms with van der Waals surface area (Å²) in [5.74, 6) is -0.136. The van der Waals surface area contributed by atoms with Gasteiger partial charge in [-0.3, -0.25) is 14.5 Å². The van der Waals surface area contributed by atoms with E-state index < -0.39 is 0 Å². The quantitative estimate of drug-likeness (QED) is 0.779. The lowest BCUT2D eigenvalue weighted by atomic mass is 10.1. The van der Waals surface area contributed by atoms with Crippen LogP contribution in [0.15, 0.2) is 29.0 Å². The van der Waals surface area contributed by atoms with Crippen molar-refractivity contribution in [2.45, 2.75) is 32.4 Å². The van der Waals surface area contributed by atoms with Crippen LogP contribution < -0.4 is 10.6 Å². The molecular weight excluding hydrogens is 354 g/mol. The summed E-state index contributed by atoms with van der Waals surface area (Å²) in [7, 11) is 0. The van der Waals surface area contributed by atoms with E-state index in [4.69, 9.17) is 0 Å². The van der Waals surface area contributed by atoms with Crippen LogP contribution in [0.3, 0.4) is 0 Å². The van der Waals surface area contributed by atoms with Crippen LogP contribution in [-0.4, -0.2) is 42.4 Å². The summed E-state index contributed by atoms with van der Waals surface area (Å²) in [5, 5.41) is 9.78. The van der Waals surface area contributed by atoms with Crippen molar-refractivity contribution in [1.82, 2.24) is 15.5 Å². The first-order valence-corrected chi connectivity index (χ1v) is 10.3. The largest absolute Gasteiger partial charge is 0.354 e. The SMILES string of the molecule is CC(CNC(=O)CCNC(=O)c1cccs1)N1CCc2sccc2C1. The molecule has 0 aliphatic carbocycles. The van der Waals surface area contributed by atoms with Crippen LogP contribution in [0.1, 0.15) is 33.5 Å². The van der Waals surface area contributed by atoms with Gasteiger partial charge in [0.1, 0.15) is 0 Å². The maximum absolute atomic E-state index is 12.0. The molecule has 0 radical (unpaired) electrons. The molecule has 7 heteroatoms. The highest BCUT2D eigenvalue weighted by Crippen LogP contribution is 2.24. The lowest BCUT2D eigenvalue weighted by Gasteiger charge is -2.32. The summed E-state index contributed by atoms with van der Waals surface area (Å²) in [6.07, 6.45) is 1.40. The second kappa shape index (κ2) is 8.60. The van der Waals surface area contributed by atoms with Gasteiger partial charge in [-0.2, -0.15) is 0 Å². The van der Waals surface area contributed by atoms with Crippen molar-refractivity contribution in [3.8, 4) is 0 Å². The van der Waals surface area contributed by atoms with Crippen LogP contribution in [0.25, 0.3) is 0 Å². The first kappa shape index (κ1) is 18.1. The number of rotatable bonds is 7. The molecule has 2 aromatic rings. The van der Waals surface area contributed by atoms with E-state index in [1.54, 1.807) is 6.07 Å². The first-order valence-electron chi connectivity index (χ1n) is 8.51. The molecule has 2 amide bonds. The summed E-state index contributed by atoms with van der Waals surface area (Å²) < 4.78 is 0. The maximum atomic E-state index is 12.0. The summed E-state index contributed by atoms with van der Waals surface area (Å²) in [4.78, 5) is 28.4. The van der Waals surface area contributed by atoms with Crippen molar-refractivity contribution in [3.63, 3.8) is 0 Å². The molecule has 0 bridgehead atoms. The van der Waals surface area contributed by atoms with Gasteiger partial charge in [0.05, 0.1) is 4.88 Å². The van der Waals surface area contributed by atoms with Gasteiger partial charge in [-0.05, 0) is 41.8 Å². The van der Waals surface area contributed by atoms with Gasteiger partial charge in [0.2, 0.25) is 5.91 Å². The van der Waals surface area contributed by atoms with Gasteiger partial charge in [-0.15, -0.1) is 22.7 Å². The number of hydrogen-bond donors (Lipinski definition) is 2. The zero-order valence-corrected chi connectivity index (χ0v) is 15.9. The van der Waals surface area contributed by atoms with E-state index in [0.717, 1.165) is 19.5 Å². The fourth-order valence-corrected chi connectivity index (χ4v) is 4.44. The highest BCUT2D eigenvalue weighted by atomic mass is 32.1. The molecule has 25 heavy (non-hydrogen) atoms. The zero-order valence-electron chi connectivity index (χ0n) is 14.3. The molecule has 0 saturated heterocycles.